The summed E-state index contributed by atoms with van der Waals surface area (Å²) in [5.41, 5.74) is 2.95. The topological polar surface area (TPSA) is 62.7 Å². The van der Waals surface area contributed by atoms with Gasteiger partial charge in [-0.1, -0.05) is 24.6 Å². The molecule has 1 fully saturated rings. The average molecular weight is 389 g/mol. The zero-order chi connectivity index (χ0) is 19.4. The van der Waals surface area contributed by atoms with Crippen molar-refractivity contribution in [2.24, 2.45) is 5.92 Å². The van der Waals surface area contributed by atoms with Gasteiger partial charge in [0.2, 0.25) is 0 Å². The minimum atomic E-state index is -0.745. The smallest absolute Gasteiger partial charge is 0.307 e. The second-order valence-electron chi connectivity index (χ2n) is 6.91. The van der Waals surface area contributed by atoms with E-state index in [1.807, 2.05) is 24.4 Å². The number of hydrogen-bond donors (Lipinski definition) is 1. The molecule has 1 aliphatic heterocycles. The van der Waals surface area contributed by atoms with Gasteiger partial charge in [0.15, 0.2) is 0 Å². The van der Waals surface area contributed by atoms with Crippen LogP contribution in [-0.4, -0.2) is 41.2 Å². The van der Waals surface area contributed by atoms with Crippen LogP contribution >= 0.6 is 11.6 Å². The lowest BCUT2D eigenvalue weighted by atomic mass is 9.92. The first-order valence-corrected chi connectivity index (χ1v) is 9.66. The third kappa shape index (κ3) is 4.42. The molecule has 2 heterocycles. The van der Waals surface area contributed by atoms with E-state index < -0.39 is 5.97 Å². The Kier molecular flexibility index (Phi) is 6.34. The predicted molar refractivity (Wildman–Crippen MR) is 105 cm³/mol. The van der Waals surface area contributed by atoms with Crippen LogP contribution in [0.15, 0.2) is 36.5 Å². The van der Waals surface area contributed by atoms with Gasteiger partial charge in [0.05, 0.1) is 24.8 Å². The fraction of sp³-hybridized carbons (Fsp3) is 0.429. The number of halogens is 1. The van der Waals surface area contributed by atoms with Crippen LogP contribution < -0.4 is 4.74 Å². The van der Waals surface area contributed by atoms with E-state index in [1.54, 1.807) is 13.2 Å². The highest BCUT2D eigenvalue weighted by Crippen LogP contribution is 2.37. The summed E-state index contributed by atoms with van der Waals surface area (Å²) in [4.78, 5) is 18.4. The molecule has 5 nitrogen and oxygen atoms in total. The van der Waals surface area contributed by atoms with Crippen molar-refractivity contribution in [1.29, 1.82) is 0 Å². The van der Waals surface area contributed by atoms with Crippen molar-refractivity contribution < 1.29 is 14.6 Å². The van der Waals surface area contributed by atoms with Gasteiger partial charge in [0.25, 0.3) is 0 Å². The van der Waals surface area contributed by atoms with Crippen LogP contribution in [0, 0.1) is 5.92 Å². The van der Waals surface area contributed by atoms with Crippen LogP contribution in [0.4, 0.5) is 0 Å². The van der Waals surface area contributed by atoms with Crippen molar-refractivity contribution in [3.63, 3.8) is 0 Å². The van der Waals surface area contributed by atoms with Gasteiger partial charge in [0.1, 0.15) is 5.75 Å². The Labute approximate surface area is 164 Å². The summed E-state index contributed by atoms with van der Waals surface area (Å²) in [6.45, 7) is 3.38. The van der Waals surface area contributed by atoms with E-state index in [-0.39, 0.29) is 12.0 Å². The number of benzene rings is 1. The first-order valence-electron chi connectivity index (χ1n) is 9.28. The summed E-state index contributed by atoms with van der Waals surface area (Å²) in [5, 5.41) is 10.1. The Morgan fingerprint density at radius 1 is 1.41 bits per heavy atom. The normalized spacial score (nSPS) is 18.9. The number of rotatable bonds is 6. The third-order valence-corrected chi connectivity index (χ3v) is 5.42. The largest absolute Gasteiger partial charge is 0.496 e. The number of aromatic nitrogens is 1. The number of aliphatic carboxylic acids is 1. The number of carbonyl (C=O) groups is 1. The molecule has 27 heavy (non-hydrogen) atoms. The van der Waals surface area contributed by atoms with Gasteiger partial charge < -0.3 is 9.84 Å². The van der Waals surface area contributed by atoms with Crippen LogP contribution in [0.5, 0.6) is 5.75 Å². The SMILES string of the molecule is CCc1ccc(C(c2cc(Cl)ccc2OC)N2CCCC(C(=O)O)C2)nc1. The molecule has 0 amide bonds. The molecule has 1 N–H and O–H groups in total. The minimum Gasteiger partial charge on any atom is -0.496 e. The number of piperidine rings is 1. The summed E-state index contributed by atoms with van der Waals surface area (Å²) in [6, 6.07) is 9.44. The molecule has 2 atom stereocenters. The van der Waals surface area contributed by atoms with Gasteiger partial charge in [-0.25, -0.2) is 0 Å². The Bertz CT molecular complexity index is 795. The molecule has 0 bridgehead atoms. The molecule has 0 spiro atoms. The van der Waals surface area contributed by atoms with Crippen molar-refractivity contribution in [3.05, 3.63) is 58.4 Å². The molecular weight excluding hydrogens is 364 g/mol. The van der Waals surface area contributed by atoms with Gasteiger partial charge in [-0.15, -0.1) is 0 Å². The third-order valence-electron chi connectivity index (χ3n) is 5.19. The van der Waals surface area contributed by atoms with Gasteiger partial charge in [0, 0.05) is 23.3 Å². The summed E-state index contributed by atoms with van der Waals surface area (Å²) >= 11 is 6.28. The van der Waals surface area contributed by atoms with E-state index in [1.165, 1.54) is 0 Å². The molecule has 2 unspecified atom stereocenters. The van der Waals surface area contributed by atoms with Crippen LogP contribution in [0.25, 0.3) is 0 Å². The van der Waals surface area contributed by atoms with Crippen molar-refractivity contribution in [2.45, 2.75) is 32.2 Å². The molecule has 2 aromatic rings. The monoisotopic (exact) mass is 388 g/mol. The molecule has 0 aliphatic carbocycles. The molecule has 1 saturated heterocycles. The van der Waals surface area contributed by atoms with Crippen molar-refractivity contribution in [3.8, 4) is 5.75 Å². The Hall–Kier alpha value is -2.11. The number of likely N-dealkylation sites (tertiary alicyclic amines) is 1. The Balaban J connectivity index is 2.06. The number of methoxy groups -OCH3 is 1. The number of pyridine rings is 1. The maximum atomic E-state index is 11.6. The quantitative estimate of drug-likeness (QED) is 0.803. The number of hydrogen-bond acceptors (Lipinski definition) is 4. The van der Waals surface area contributed by atoms with Crippen LogP contribution in [0.1, 0.15) is 42.6 Å². The molecule has 6 heteroatoms. The van der Waals surface area contributed by atoms with Crippen LogP contribution in [-0.2, 0) is 11.2 Å². The molecule has 0 saturated carbocycles. The highest BCUT2D eigenvalue weighted by Gasteiger charge is 2.33. The minimum absolute atomic E-state index is 0.202. The summed E-state index contributed by atoms with van der Waals surface area (Å²) in [6.07, 6.45) is 4.35. The average Bonchev–Trinajstić information content (AvgIpc) is 2.69. The molecule has 1 aliphatic rings. The van der Waals surface area contributed by atoms with E-state index in [2.05, 4.69) is 22.9 Å². The lowest BCUT2D eigenvalue weighted by molar-refractivity contribution is -0.143. The standard InChI is InChI=1S/C21H25ClN2O3/c1-3-14-6-8-18(23-12-14)20(17-11-16(22)7-9-19(17)27-2)24-10-4-5-15(13-24)21(25)26/h6-9,11-12,15,20H,3-5,10,13H2,1-2H3,(H,25,26). The first-order chi connectivity index (χ1) is 13.0. The highest BCUT2D eigenvalue weighted by atomic mass is 35.5. The van der Waals surface area contributed by atoms with E-state index in [9.17, 15) is 9.90 Å². The Morgan fingerprint density at radius 2 is 2.22 bits per heavy atom. The van der Waals surface area contributed by atoms with Gasteiger partial charge in [-0.05, 0) is 55.6 Å². The van der Waals surface area contributed by atoms with E-state index in [4.69, 9.17) is 16.3 Å². The predicted octanol–water partition coefficient (Wildman–Crippen LogP) is 4.19. The van der Waals surface area contributed by atoms with E-state index in [0.29, 0.717) is 18.0 Å². The molecular formula is C21H25ClN2O3. The maximum absolute atomic E-state index is 11.6. The molecule has 144 valence electrons. The van der Waals surface area contributed by atoms with Gasteiger partial charge in [-0.3, -0.25) is 14.7 Å². The second-order valence-corrected chi connectivity index (χ2v) is 7.34. The van der Waals surface area contributed by atoms with Crippen molar-refractivity contribution in [1.82, 2.24) is 9.88 Å². The number of nitrogens with zero attached hydrogens (tertiary/aromatic N) is 2. The number of carboxylic acid groups (broad SMARTS) is 1. The van der Waals surface area contributed by atoms with Crippen molar-refractivity contribution in [2.75, 3.05) is 20.2 Å². The van der Waals surface area contributed by atoms with Crippen LogP contribution in [0.2, 0.25) is 5.02 Å². The highest BCUT2D eigenvalue weighted by molar-refractivity contribution is 6.30. The molecule has 1 aromatic carbocycles. The molecule has 1 aromatic heterocycles. The molecule has 3 rings (SSSR count). The number of aryl methyl sites for hydroxylation is 1. The lowest BCUT2D eigenvalue weighted by Crippen LogP contribution is -2.41. The zero-order valence-electron chi connectivity index (χ0n) is 15.7. The summed E-state index contributed by atoms with van der Waals surface area (Å²) in [7, 11) is 1.63. The summed E-state index contributed by atoms with van der Waals surface area (Å²) < 4.78 is 5.58. The number of ether oxygens (including phenoxy) is 1. The molecule has 0 radical (unpaired) electrons. The fourth-order valence-corrected chi connectivity index (χ4v) is 3.89. The first kappa shape index (κ1) is 19.6. The second kappa shape index (κ2) is 8.72. The van der Waals surface area contributed by atoms with Gasteiger partial charge >= 0.3 is 5.97 Å². The lowest BCUT2D eigenvalue weighted by Gasteiger charge is -2.37. The number of carboxylic acids is 1. The maximum Gasteiger partial charge on any atom is 0.307 e. The Morgan fingerprint density at radius 3 is 2.85 bits per heavy atom. The van der Waals surface area contributed by atoms with E-state index in [0.717, 1.165) is 42.0 Å². The van der Waals surface area contributed by atoms with Gasteiger partial charge in [-0.2, -0.15) is 0 Å². The van der Waals surface area contributed by atoms with Crippen LogP contribution in [0.3, 0.4) is 0 Å². The fourth-order valence-electron chi connectivity index (χ4n) is 3.71. The van der Waals surface area contributed by atoms with E-state index >= 15 is 0 Å². The van der Waals surface area contributed by atoms with Crippen molar-refractivity contribution >= 4 is 17.6 Å². The summed E-state index contributed by atoms with van der Waals surface area (Å²) in [5.74, 6) is -0.393. The zero-order valence-corrected chi connectivity index (χ0v) is 16.4.